The summed E-state index contributed by atoms with van der Waals surface area (Å²) in [5.41, 5.74) is 6.08. The van der Waals surface area contributed by atoms with Crippen LogP contribution in [0.2, 0.25) is 0 Å². The molecule has 3 rings (SSSR count). The Morgan fingerprint density at radius 3 is 2.58 bits per heavy atom. The first kappa shape index (κ1) is 11.8. The Kier molecular flexibility index (Phi) is 3.20. The van der Waals surface area contributed by atoms with E-state index < -0.39 is 0 Å². The standard InChI is InChI=1S/C17H16N2/c18-11-13-4-6-14(7-5-13)12-19-17-9-8-15-2-1-3-16(15)10-17/h4-10,19H,1-3,12H2. The maximum absolute atomic E-state index is 8.76. The minimum absolute atomic E-state index is 0.710. The molecule has 2 heteroatoms. The summed E-state index contributed by atoms with van der Waals surface area (Å²) in [5, 5.41) is 12.2. The second kappa shape index (κ2) is 5.16. The molecule has 0 spiro atoms. The number of aryl methyl sites for hydroxylation is 2. The van der Waals surface area contributed by atoms with Crippen molar-refractivity contribution in [3.05, 3.63) is 64.7 Å². The first-order chi connectivity index (χ1) is 9.35. The molecule has 0 amide bonds. The Labute approximate surface area is 113 Å². The minimum atomic E-state index is 0.710. The highest BCUT2D eigenvalue weighted by Gasteiger charge is 2.10. The molecular formula is C17H16N2. The highest BCUT2D eigenvalue weighted by atomic mass is 14.9. The van der Waals surface area contributed by atoms with Gasteiger partial charge in [-0.2, -0.15) is 5.26 Å². The fourth-order valence-corrected chi connectivity index (χ4v) is 2.58. The lowest BCUT2D eigenvalue weighted by Crippen LogP contribution is -2.00. The summed E-state index contributed by atoms with van der Waals surface area (Å²) in [4.78, 5) is 0. The lowest BCUT2D eigenvalue weighted by molar-refractivity contribution is 0.912. The Balaban J connectivity index is 1.67. The second-order valence-corrected chi connectivity index (χ2v) is 5.00. The smallest absolute Gasteiger partial charge is 0.0991 e. The van der Waals surface area contributed by atoms with Gasteiger partial charge in [-0.05, 0) is 60.2 Å². The molecule has 0 radical (unpaired) electrons. The fourth-order valence-electron chi connectivity index (χ4n) is 2.58. The van der Waals surface area contributed by atoms with Crippen LogP contribution in [-0.2, 0) is 19.4 Å². The SMILES string of the molecule is N#Cc1ccc(CNc2ccc3c(c2)CCC3)cc1. The number of rotatable bonds is 3. The van der Waals surface area contributed by atoms with Crippen molar-refractivity contribution < 1.29 is 0 Å². The number of anilines is 1. The van der Waals surface area contributed by atoms with E-state index in [-0.39, 0.29) is 0 Å². The van der Waals surface area contributed by atoms with Crippen LogP contribution in [0.4, 0.5) is 5.69 Å². The van der Waals surface area contributed by atoms with Crippen LogP contribution in [0.3, 0.4) is 0 Å². The van der Waals surface area contributed by atoms with Crippen LogP contribution in [-0.4, -0.2) is 0 Å². The lowest BCUT2D eigenvalue weighted by atomic mass is 10.1. The monoisotopic (exact) mass is 248 g/mol. The number of benzene rings is 2. The zero-order chi connectivity index (χ0) is 13.1. The van der Waals surface area contributed by atoms with Crippen molar-refractivity contribution >= 4 is 5.69 Å². The van der Waals surface area contributed by atoms with Crippen LogP contribution in [0.5, 0.6) is 0 Å². The number of hydrogen-bond donors (Lipinski definition) is 1. The zero-order valence-corrected chi connectivity index (χ0v) is 10.8. The van der Waals surface area contributed by atoms with Crippen LogP contribution in [0.1, 0.15) is 28.7 Å². The average molecular weight is 248 g/mol. The van der Waals surface area contributed by atoms with Gasteiger partial charge in [0.25, 0.3) is 0 Å². The van der Waals surface area contributed by atoms with Gasteiger partial charge < -0.3 is 5.32 Å². The van der Waals surface area contributed by atoms with E-state index in [2.05, 4.69) is 29.6 Å². The topological polar surface area (TPSA) is 35.8 Å². The van der Waals surface area contributed by atoms with E-state index in [1.54, 1.807) is 0 Å². The molecule has 2 aromatic rings. The first-order valence-electron chi connectivity index (χ1n) is 6.70. The molecule has 19 heavy (non-hydrogen) atoms. The van der Waals surface area contributed by atoms with E-state index in [4.69, 9.17) is 5.26 Å². The van der Waals surface area contributed by atoms with Crippen LogP contribution >= 0.6 is 0 Å². The highest BCUT2D eigenvalue weighted by Crippen LogP contribution is 2.25. The normalized spacial score (nSPS) is 12.8. The van der Waals surface area contributed by atoms with Gasteiger partial charge in [-0.15, -0.1) is 0 Å². The molecule has 0 fully saturated rings. The summed E-state index contributed by atoms with van der Waals surface area (Å²) in [5.74, 6) is 0. The van der Waals surface area contributed by atoms with Crippen LogP contribution in [0.25, 0.3) is 0 Å². The van der Waals surface area contributed by atoms with E-state index >= 15 is 0 Å². The van der Waals surface area contributed by atoms with Gasteiger partial charge in [-0.3, -0.25) is 0 Å². The molecule has 1 aliphatic carbocycles. The molecule has 0 atom stereocenters. The molecule has 0 aliphatic heterocycles. The number of nitriles is 1. The highest BCUT2D eigenvalue weighted by molar-refractivity contribution is 5.50. The summed E-state index contributed by atoms with van der Waals surface area (Å²) in [7, 11) is 0. The molecule has 0 aromatic heterocycles. The van der Waals surface area contributed by atoms with Crippen molar-refractivity contribution in [2.75, 3.05) is 5.32 Å². The van der Waals surface area contributed by atoms with Gasteiger partial charge in [0.15, 0.2) is 0 Å². The van der Waals surface area contributed by atoms with E-state index in [9.17, 15) is 0 Å². The van der Waals surface area contributed by atoms with Gasteiger partial charge >= 0.3 is 0 Å². The van der Waals surface area contributed by atoms with Crippen molar-refractivity contribution in [3.8, 4) is 6.07 Å². The fraction of sp³-hybridized carbons (Fsp3) is 0.235. The molecule has 0 bridgehead atoms. The van der Waals surface area contributed by atoms with E-state index in [1.807, 2.05) is 24.3 Å². The Bertz CT molecular complexity index is 621. The van der Waals surface area contributed by atoms with Crippen LogP contribution < -0.4 is 5.32 Å². The number of hydrogen-bond acceptors (Lipinski definition) is 2. The van der Waals surface area contributed by atoms with Gasteiger partial charge in [-0.25, -0.2) is 0 Å². The summed E-state index contributed by atoms with van der Waals surface area (Å²) < 4.78 is 0. The molecule has 94 valence electrons. The predicted molar refractivity (Wildman–Crippen MR) is 77.0 cm³/mol. The van der Waals surface area contributed by atoms with Gasteiger partial charge in [-0.1, -0.05) is 18.2 Å². The molecular weight excluding hydrogens is 232 g/mol. The molecule has 1 aliphatic rings. The van der Waals surface area contributed by atoms with Gasteiger partial charge in [0.2, 0.25) is 0 Å². The number of nitrogens with one attached hydrogen (secondary N) is 1. The van der Waals surface area contributed by atoms with E-state index in [0.717, 1.165) is 6.54 Å². The van der Waals surface area contributed by atoms with Crippen LogP contribution in [0, 0.1) is 11.3 Å². The molecule has 1 N–H and O–H groups in total. The van der Waals surface area contributed by atoms with Crippen molar-refractivity contribution in [1.29, 1.82) is 5.26 Å². The third kappa shape index (κ3) is 2.61. The Morgan fingerprint density at radius 2 is 1.79 bits per heavy atom. The lowest BCUT2D eigenvalue weighted by Gasteiger charge is -2.08. The molecule has 0 saturated heterocycles. The molecule has 0 heterocycles. The maximum atomic E-state index is 8.76. The second-order valence-electron chi connectivity index (χ2n) is 5.00. The van der Waals surface area contributed by atoms with Crippen LogP contribution in [0.15, 0.2) is 42.5 Å². The summed E-state index contributed by atoms with van der Waals surface area (Å²) in [6.07, 6.45) is 3.72. The van der Waals surface area contributed by atoms with Gasteiger partial charge in [0, 0.05) is 12.2 Å². The number of nitrogens with zero attached hydrogens (tertiary/aromatic N) is 1. The third-order valence-corrected chi connectivity index (χ3v) is 3.68. The molecule has 2 nitrogen and oxygen atoms in total. The van der Waals surface area contributed by atoms with Crippen molar-refractivity contribution in [1.82, 2.24) is 0 Å². The van der Waals surface area contributed by atoms with Crippen molar-refractivity contribution in [2.24, 2.45) is 0 Å². The summed E-state index contributed by atoms with van der Waals surface area (Å²) in [6, 6.07) is 16.5. The average Bonchev–Trinajstić information content (AvgIpc) is 2.93. The quantitative estimate of drug-likeness (QED) is 0.899. The Morgan fingerprint density at radius 1 is 1.00 bits per heavy atom. The minimum Gasteiger partial charge on any atom is -0.381 e. The number of fused-ring (bicyclic) bond motifs is 1. The van der Waals surface area contributed by atoms with Crippen molar-refractivity contribution in [2.45, 2.75) is 25.8 Å². The van der Waals surface area contributed by atoms with E-state index in [1.165, 1.54) is 41.6 Å². The molecule has 0 saturated carbocycles. The molecule has 2 aromatic carbocycles. The largest absolute Gasteiger partial charge is 0.381 e. The Hall–Kier alpha value is -2.27. The third-order valence-electron chi connectivity index (χ3n) is 3.68. The zero-order valence-electron chi connectivity index (χ0n) is 10.8. The summed E-state index contributed by atoms with van der Waals surface area (Å²) >= 11 is 0. The maximum Gasteiger partial charge on any atom is 0.0991 e. The van der Waals surface area contributed by atoms with E-state index in [0.29, 0.717) is 5.56 Å². The summed E-state index contributed by atoms with van der Waals surface area (Å²) in [6.45, 7) is 0.796. The first-order valence-corrected chi connectivity index (χ1v) is 6.70. The van der Waals surface area contributed by atoms with Gasteiger partial charge in [0.1, 0.15) is 0 Å². The van der Waals surface area contributed by atoms with Crippen molar-refractivity contribution in [3.63, 3.8) is 0 Å². The predicted octanol–water partition coefficient (Wildman–Crippen LogP) is 3.66. The molecule has 0 unspecified atom stereocenters. The van der Waals surface area contributed by atoms with Gasteiger partial charge in [0.05, 0.1) is 11.6 Å².